The number of nitrogens with zero attached hydrogens (tertiary/aromatic N) is 2. The fourth-order valence-corrected chi connectivity index (χ4v) is 11.8. The minimum Gasteiger partial charge on any atom is -0.444 e. The van der Waals surface area contributed by atoms with Crippen LogP contribution in [-0.2, 0) is 92.5 Å². The van der Waals surface area contributed by atoms with Crippen LogP contribution in [0.4, 0.5) is 4.79 Å². The van der Waals surface area contributed by atoms with Gasteiger partial charge in [0.2, 0.25) is 47.3 Å². The van der Waals surface area contributed by atoms with Gasteiger partial charge in [-0.25, -0.2) is 4.79 Å². The van der Waals surface area contributed by atoms with Crippen molar-refractivity contribution < 1.29 is 111 Å². The van der Waals surface area contributed by atoms with Crippen LogP contribution in [0.1, 0.15) is 262 Å². The van der Waals surface area contributed by atoms with Gasteiger partial charge in [0.1, 0.15) is 30.4 Å². The molecule has 2 aliphatic heterocycles. The van der Waals surface area contributed by atoms with Gasteiger partial charge < -0.3 is 101 Å². The van der Waals surface area contributed by atoms with E-state index in [-0.39, 0.29) is 222 Å². The molecule has 2 saturated heterocycles. The Balaban J connectivity index is -0.000000341. The van der Waals surface area contributed by atoms with Crippen LogP contribution in [0.25, 0.3) is 0 Å². The number of likely N-dealkylation sites (tertiary alicyclic amines) is 2. The maximum atomic E-state index is 12.6. The largest absolute Gasteiger partial charge is 0.444 e. The van der Waals surface area contributed by atoms with Crippen LogP contribution in [0.5, 0.6) is 0 Å². The van der Waals surface area contributed by atoms with E-state index in [1.165, 1.54) is 4.90 Å². The quantitative estimate of drug-likeness (QED) is 0.0205. The molecular formula is C79H158N9O23PS. The average Bonchev–Trinajstić information content (AvgIpc) is 1.72. The number of alkyl carbamates (subject to hydrolysis) is 1. The first-order valence-corrected chi connectivity index (χ1v) is 42.0. The molecule has 2 aliphatic rings. The third-order valence-corrected chi connectivity index (χ3v) is 18.6. The summed E-state index contributed by atoms with van der Waals surface area (Å²) in [7, 11) is 0. The molecule has 0 radical (unpaired) electrons. The number of carbonyl (C=O) groups is 11. The topological polar surface area (TPSA) is 444 Å². The number of hydrogen-bond donors (Lipinski definition) is 12. The van der Waals surface area contributed by atoms with Gasteiger partial charge in [0, 0.05) is 154 Å². The first kappa shape index (κ1) is 118. The summed E-state index contributed by atoms with van der Waals surface area (Å²) >= 11 is 5.02. The number of aliphatic hydroxyl groups excluding tert-OH is 4. The third-order valence-electron chi connectivity index (χ3n) is 17.0. The molecule has 12 N–H and O–H groups in total. The van der Waals surface area contributed by atoms with E-state index in [9.17, 15) is 78.1 Å². The van der Waals surface area contributed by atoms with Crippen molar-refractivity contribution in [1.82, 2.24) is 47.0 Å². The Bertz CT molecular complexity index is 2560. The van der Waals surface area contributed by atoms with Crippen LogP contribution in [0.3, 0.4) is 0 Å². The van der Waals surface area contributed by atoms with E-state index in [1.807, 2.05) is 62.3 Å². The first-order chi connectivity index (χ1) is 51.5. The van der Waals surface area contributed by atoms with Crippen LogP contribution in [0, 0.1) is 17.8 Å². The van der Waals surface area contributed by atoms with Crippen molar-refractivity contribution in [2.75, 3.05) is 105 Å². The summed E-state index contributed by atoms with van der Waals surface area (Å²) in [5.74, 6) is -1.24. The number of Topliss-reactive ketones (excluding diaryl/α,β-unsaturated/α-hetero) is 2. The molecule has 113 heavy (non-hydrogen) atoms. The number of β-amino-alcohol motifs (C(OH)–C–C–N with tert-alkyl or cyclic N) is 2. The van der Waals surface area contributed by atoms with Gasteiger partial charge in [0.05, 0.1) is 81.7 Å². The average molecular weight is 1670 g/mol. The molecule has 9 amide bonds. The van der Waals surface area contributed by atoms with E-state index >= 15 is 0 Å². The number of ketones is 2. The zero-order valence-corrected chi connectivity index (χ0v) is 70.0. The lowest BCUT2D eigenvalue weighted by Crippen LogP contribution is -2.42. The van der Waals surface area contributed by atoms with Crippen molar-refractivity contribution >= 4 is 83.4 Å². The summed E-state index contributed by atoms with van der Waals surface area (Å²) in [6.45, 7) is 27.8. The highest BCUT2D eigenvalue weighted by Crippen LogP contribution is 2.45. The fraction of sp³-hybridized carbons (Fsp3) is 0.861. The number of amides is 9. The minimum atomic E-state index is -3.86. The molecule has 2 fully saturated rings. The lowest BCUT2D eigenvalue weighted by atomic mass is 9.99. The van der Waals surface area contributed by atoms with Crippen LogP contribution < -0.4 is 37.2 Å². The van der Waals surface area contributed by atoms with Crippen molar-refractivity contribution in [1.29, 1.82) is 0 Å². The molecule has 0 aromatic heterocycles. The minimum absolute atomic E-state index is 0. The Hall–Kier alpha value is -5.42. The van der Waals surface area contributed by atoms with Gasteiger partial charge in [0.25, 0.3) is 0 Å². The van der Waals surface area contributed by atoms with Gasteiger partial charge in [-0.2, -0.15) is 0 Å². The van der Waals surface area contributed by atoms with E-state index in [1.54, 1.807) is 46.4 Å². The predicted molar refractivity (Wildman–Crippen MR) is 445 cm³/mol. The monoisotopic (exact) mass is 1660 g/mol. The summed E-state index contributed by atoms with van der Waals surface area (Å²) in [5.41, 5.74) is 0. The van der Waals surface area contributed by atoms with E-state index in [2.05, 4.69) is 37.2 Å². The number of rotatable bonds is 55. The van der Waals surface area contributed by atoms with Crippen molar-refractivity contribution in [3.05, 3.63) is 0 Å². The summed E-state index contributed by atoms with van der Waals surface area (Å²) in [5, 5.41) is 57.4. The predicted octanol–water partition coefficient (Wildman–Crippen LogP) is 7.66. The zero-order valence-electron chi connectivity index (χ0n) is 68.3. The second kappa shape index (κ2) is 71.9. The molecular weight excluding hydrogens is 1510 g/mol. The molecule has 0 aliphatic carbocycles. The van der Waals surface area contributed by atoms with Crippen molar-refractivity contribution in [3.63, 3.8) is 0 Å². The first-order valence-electron chi connectivity index (χ1n) is 39.4. The van der Waals surface area contributed by atoms with E-state index in [0.29, 0.717) is 97.2 Å². The molecule has 8 atom stereocenters. The Kier molecular flexibility index (Phi) is 75.3. The lowest BCUT2D eigenvalue weighted by molar-refractivity contribution is -0.136. The summed E-state index contributed by atoms with van der Waals surface area (Å²) in [6.07, 6.45) is 7.02. The molecule has 0 bridgehead atoms. The molecule has 0 spiro atoms. The van der Waals surface area contributed by atoms with Gasteiger partial charge in [-0.1, -0.05) is 91.0 Å². The highest BCUT2D eigenvalue weighted by Gasteiger charge is 2.37. The fourth-order valence-electron chi connectivity index (χ4n) is 10.4. The van der Waals surface area contributed by atoms with Crippen molar-refractivity contribution in [2.24, 2.45) is 17.8 Å². The van der Waals surface area contributed by atoms with Gasteiger partial charge in [-0.3, -0.25) is 52.5 Å². The van der Waals surface area contributed by atoms with E-state index < -0.39 is 49.7 Å². The maximum absolute atomic E-state index is 12.6. The van der Waals surface area contributed by atoms with Gasteiger partial charge in [-0.15, -0.1) is 0 Å². The standard InChI is InChI=1S/C22H39N3O6.C21H40N2O6.C19H36N3O8PS.C13H27NO3.4CH4/c1-5-20(28)23-11-16(12-24-21(29)6-2)9-18(26)7-8-22(30)25-13-19(27)10-17(25)14-31-15(3)4;1-5-18(25)10-11-19(13-23-20(26)6-2)29-21(27)22-12-8-7-9-17(14-24)15-28-16(3)4;1-5-17(24)20-8-16(9-21-18(25)6-2)30-31(27,32)29-12-19(26)22-10-15(23)7-14(22)11-28-13(3)4;1-4-13(16)14-8-6-5-7-12(9-15)10-17-11(2)3;;;;/h15-17,19,27H,5-14H2,1-4H3,(H,23,28)(H,24,29);16-17,19,24H,5-15H2,1-4H3,(H,22,27)(H,23,26);13-16,23H,5-12H2,1-4H3,(H,20,24)(H,21,25)(H,27,32);11-12,15H,4-10H2,1-3H3,(H,14,16);4*1H4/t17-,19+;;14-,15+,31?;;;;;/m0.0...../s1. The van der Waals surface area contributed by atoms with Gasteiger partial charge in [-0.05, 0) is 112 Å². The van der Waals surface area contributed by atoms with Crippen molar-refractivity contribution in [2.45, 2.75) is 323 Å². The Morgan fingerprint density at radius 3 is 1.19 bits per heavy atom. The third kappa shape index (κ3) is 64.4. The van der Waals surface area contributed by atoms with E-state index in [0.717, 1.165) is 45.1 Å². The summed E-state index contributed by atoms with van der Waals surface area (Å²) < 4.78 is 38.2. The second-order valence-corrected chi connectivity index (χ2v) is 31.0. The normalized spacial score (nSPS) is 16.1. The number of nitrogens with one attached hydrogen (secondary N) is 7. The zero-order chi connectivity index (χ0) is 82.9. The lowest BCUT2D eigenvalue weighted by Gasteiger charge is -2.27. The molecule has 668 valence electrons. The smallest absolute Gasteiger partial charge is 0.407 e. The summed E-state index contributed by atoms with van der Waals surface area (Å²) in [6, 6.07) is -0.483. The summed E-state index contributed by atoms with van der Waals surface area (Å²) in [4.78, 5) is 143. The number of unbranched alkanes of at least 4 members (excludes halogenated alkanes) is 2. The molecule has 0 aromatic rings. The highest BCUT2D eigenvalue weighted by atomic mass is 32.5. The number of hydrogen-bond acceptors (Lipinski definition) is 23. The van der Waals surface area contributed by atoms with Gasteiger partial charge >= 0.3 is 12.8 Å². The van der Waals surface area contributed by atoms with Crippen molar-refractivity contribution in [3.8, 4) is 0 Å². The Morgan fingerprint density at radius 2 is 0.814 bits per heavy atom. The maximum Gasteiger partial charge on any atom is 0.407 e. The van der Waals surface area contributed by atoms with Gasteiger partial charge in [0.15, 0.2) is 0 Å². The second-order valence-electron chi connectivity index (χ2n) is 28.3. The Labute approximate surface area is 684 Å². The molecule has 4 unspecified atom stereocenters. The number of aliphatic hydroxyl groups is 4. The number of ether oxygens (including phenoxy) is 5. The number of carbonyl (C=O) groups excluding carboxylic acids is 11. The molecule has 34 heteroatoms. The molecule has 2 heterocycles. The molecule has 0 saturated carbocycles. The molecule has 0 aromatic carbocycles. The highest BCUT2D eigenvalue weighted by molar-refractivity contribution is 8.07. The molecule has 32 nitrogen and oxygen atoms in total. The van der Waals surface area contributed by atoms with E-state index in [4.69, 9.17) is 44.5 Å². The van der Waals surface area contributed by atoms with Crippen LogP contribution >= 0.6 is 6.72 Å². The van der Waals surface area contributed by atoms with Crippen LogP contribution in [0.15, 0.2) is 0 Å². The molecule has 2 rings (SSSR count). The Morgan fingerprint density at radius 1 is 0.442 bits per heavy atom. The van der Waals surface area contributed by atoms with Crippen LogP contribution in [0.2, 0.25) is 0 Å². The van der Waals surface area contributed by atoms with Crippen LogP contribution in [-0.4, -0.2) is 266 Å². The SMILES string of the molecule is C.C.C.C.CCC(=O)CCC(CNC(=O)CC)OC(=O)NCCCCC(CO)COC(C)C.CCC(=O)NCC(CNC(=O)CC)CC(=O)CCC(=O)N1C[C@H](O)C[C@H]1COC(C)C.CCC(=O)NCC(CNC(=O)CC)OP(O)(=S)OCC(=O)N1C[C@H](O)C[C@H]1COC(C)C.CCC(=O)NCCCCC(CO)COC(C)C.